The van der Waals surface area contributed by atoms with Crippen LogP contribution < -0.4 is 4.74 Å². The molecular formula is C21H22O3S3. The number of carboxylic acid groups (broad SMARTS) is 1. The van der Waals surface area contributed by atoms with Crippen molar-refractivity contribution < 1.29 is 14.6 Å². The Labute approximate surface area is 173 Å². The molecule has 1 N–H and O–H groups in total. The highest BCUT2D eigenvalue weighted by atomic mass is 32.2. The van der Waals surface area contributed by atoms with Gasteiger partial charge in [-0.3, -0.25) is 0 Å². The van der Waals surface area contributed by atoms with E-state index in [0.717, 1.165) is 34.8 Å². The number of hydrogen-bond acceptors (Lipinski definition) is 5. The van der Waals surface area contributed by atoms with Crippen LogP contribution in [0.3, 0.4) is 0 Å². The SMILES string of the molecule is C=C(C(=O)O)c1cccc(-c2cc3c(cc2SC)OCCC3(SC)SC)c1. The van der Waals surface area contributed by atoms with E-state index in [1.54, 1.807) is 17.8 Å². The van der Waals surface area contributed by atoms with Gasteiger partial charge in [-0.2, -0.15) is 0 Å². The highest BCUT2D eigenvalue weighted by molar-refractivity contribution is 8.16. The van der Waals surface area contributed by atoms with Crippen molar-refractivity contribution in [3.63, 3.8) is 0 Å². The van der Waals surface area contributed by atoms with Crippen molar-refractivity contribution in [2.75, 3.05) is 25.4 Å². The van der Waals surface area contributed by atoms with E-state index >= 15 is 0 Å². The zero-order chi connectivity index (χ0) is 19.6. The molecule has 0 aliphatic carbocycles. The summed E-state index contributed by atoms with van der Waals surface area (Å²) >= 11 is 5.37. The third-order valence-electron chi connectivity index (χ3n) is 4.84. The number of ether oxygens (including phenoxy) is 1. The Morgan fingerprint density at radius 1 is 1.19 bits per heavy atom. The predicted molar refractivity (Wildman–Crippen MR) is 119 cm³/mol. The van der Waals surface area contributed by atoms with Gasteiger partial charge in [0.1, 0.15) is 5.75 Å². The maximum Gasteiger partial charge on any atom is 0.335 e. The number of aliphatic carboxylic acids is 1. The van der Waals surface area contributed by atoms with E-state index in [0.29, 0.717) is 5.56 Å². The minimum absolute atomic E-state index is 0.0262. The summed E-state index contributed by atoms with van der Waals surface area (Å²) in [7, 11) is 0. The Morgan fingerprint density at radius 3 is 2.56 bits per heavy atom. The van der Waals surface area contributed by atoms with Crippen LogP contribution in [0.1, 0.15) is 17.5 Å². The lowest BCUT2D eigenvalue weighted by Crippen LogP contribution is -2.26. The Bertz CT molecular complexity index is 888. The molecule has 0 fully saturated rings. The van der Waals surface area contributed by atoms with Gasteiger partial charge in [-0.1, -0.05) is 24.8 Å². The van der Waals surface area contributed by atoms with Crippen molar-refractivity contribution in [2.45, 2.75) is 15.4 Å². The number of hydrogen-bond donors (Lipinski definition) is 1. The van der Waals surface area contributed by atoms with Gasteiger partial charge in [-0.25, -0.2) is 4.79 Å². The molecule has 0 atom stereocenters. The number of carboxylic acids is 1. The minimum Gasteiger partial charge on any atom is -0.493 e. The summed E-state index contributed by atoms with van der Waals surface area (Å²) in [6.45, 7) is 4.41. The second kappa shape index (κ2) is 8.25. The van der Waals surface area contributed by atoms with Crippen molar-refractivity contribution in [3.8, 4) is 16.9 Å². The van der Waals surface area contributed by atoms with Crippen LogP contribution in [-0.2, 0) is 8.87 Å². The largest absolute Gasteiger partial charge is 0.493 e. The smallest absolute Gasteiger partial charge is 0.335 e. The molecule has 1 aliphatic rings. The van der Waals surface area contributed by atoms with Gasteiger partial charge in [0.05, 0.1) is 16.3 Å². The first-order chi connectivity index (χ1) is 13.0. The maximum absolute atomic E-state index is 11.3. The average molecular weight is 419 g/mol. The standard InChI is InChI=1S/C21H22O3S3/c1-13(20(22)23)14-6-5-7-15(10-14)16-11-17-18(12-19(16)25-2)24-9-8-21(17,26-3)27-4/h5-7,10-12H,1,8-9H2,2-4H3,(H,22,23). The molecule has 0 saturated carbocycles. The molecule has 6 heteroatoms. The van der Waals surface area contributed by atoms with E-state index in [4.69, 9.17) is 4.74 Å². The van der Waals surface area contributed by atoms with E-state index in [1.807, 2.05) is 48.0 Å². The predicted octanol–water partition coefficient (Wildman–Crippen LogP) is 5.83. The molecule has 3 rings (SSSR count). The molecule has 2 aromatic carbocycles. The normalized spacial score (nSPS) is 14.9. The van der Waals surface area contributed by atoms with Crippen LogP contribution in [0.25, 0.3) is 16.7 Å². The third kappa shape index (κ3) is 3.75. The second-order valence-corrected chi connectivity index (χ2v) is 9.49. The Balaban J connectivity index is 2.18. The molecule has 142 valence electrons. The summed E-state index contributed by atoms with van der Waals surface area (Å²) in [5.74, 6) is -0.0518. The van der Waals surface area contributed by atoms with Crippen molar-refractivity contribution in [1.82, 2.24) is 0 Å². The van der Waals surface area contributed by atoms with Crippen LogP contribution >= 0.6 is 35.3 Å². The summed E-state index contributed by atoms with van der Waals surface area (Å²) in [6, 6.07) is 11.9. The van der Waals surface area contributed by atoms with Gasteiger partial charge in [-0.05, 0) is 53.7 Å². The molecule has 0 aromatic heterocycles. The van der Waals surface area contributed by atoms with Gasteiger partial charge in [0.15, 0.2) is 0 Å². The molecule has 0 radical (unpaired) electrons. The third-order valence-corrected chi connectivity index (χ3v) is 8.79. The van der Waals surface area contributed by atoms with Crippen LogP contribution in [0.15, 0.2) is 47.9 Å². The molecular weight excluding hydrogens is 396 g/mol. The molecule has 2 aromatic rings. The van der Waals surface area contributed by atoms with Crippen LogP contribution in [0.5, 0.6) is 5.75 Å². The van der Waals surface area contributed by atoms with Crippen molar-refractivity contribution in [3.05, 3.63) is 54.1 Å². The Hall–Kier alpha value is -1.50. The van der Waals surface area contributed by atoms with Crippen LogP contribution in [-0.4, -0.2) is 36.5 Å². The van der Waals surface area contributed by atoms with Crippen LogP contribution in [0.4, 0.5) is 0 Å². The highest BCUT2D eigenvalue weighted by Crippen LogP contribution is 2.54. The van der Waals surface area contributed by atoms with Crippen LogP contribution in [0, 0.1) is 0 Å². The first kappa shape index (κ1) is 20.2. The van der Waals surface area contributed by atoms with Crippen molar-refractivity contribution in [1.29, 1.82) is 0 Å². The Morgan fingerprint density at radius 2 is 1.93 bits per heavy atom. The lowest BCUT2D eigenvalue weighted by atomic mass is 9.95. The fourth-order valence-electron chi connectivity index (χ4n) is 3.31. The zero-order valence-corrected chi connectivity index (χ0v) is 18.0. The summed E-state index contributed by atoms with van der Waals surface area (Å²) in [4.78, 5) is 12.4. The fraction of sp³-hybridized carbons (Fsp3) is 0.286. The molecule has 0 bridgehead atoms. The van der Waals surface area contributed by atoms with E-state index in [-0.39, 0.29) is 9.65 Å². The monoisotopic (exact) mass is 418 g/mol. The fourth-order valence-corrected chi connectivity index (χ4v) is 5.93. The van der Waals surface area contributed by atoms with Gasteiger partial charge in [0, 0.05) is 16.9 Å². The first-order valence-electron chi connectivity index (χ1n) is 8.44. The zero-order valence-electron chi connectivity index (χ0n) is 15.6. The molecule has 0 saturated heterocycles. The maximum atomic E-state index is 11.3. The van der Waals surface area contributed by atoms with Gasteiger partial charge < -0.3 is 9.84 Å². The number of rotatable bonds is 6. The summed E-state index contributed by atoms with van der Waals surface area (Å²) in [5, 5.41) is 9.26. The highest BCUT2D eigenvalue weighted by Gasteiger charge is 2.37. The number of carbonyl (C=O) groups is 1. The minimum atomic E-state index is -1.00. The van der Waals surface area contributed by atoms with Gasteiger partial charge in [0.2, 0.25) is 0 Å². The molecule has 3 nitrogen and oxygen atoms in total. The lowest BCUT2D eigenvalue weighted by Gasteiger charge is -2.37. The quantitative estimate of drug-likeness (QED) is 0.361. The molecule has 1 heterocycles. The Kier molecular flexibility index (Phi) is 6.18. The summed E-state index contributed by atoms with van der Waals surface area (Å²) in [6.07, 6.45) is 7.29. The molecule has 0 spiro atoms. The number of thioether (sulfide) groups is 3. The lowest BCUT2D eigenvalue weighted by molar-refractivity contribution is -0.130. The molecule has 0 unspecified atom stereocenters. The molecule has 27 heavy (non-hydrogen) atoms. The van der Waals surface area contributed by atoms with E-state index < -0.39 is 5.97 Å². The van der Waals surface area contributed by atoms with Crippen molar-refractivity contribution in [2.24, 2.45) is 0 Å². The van der Waals surface area contributed by atoms with Gasteiger partial charge in [0.25, 0.3) is 0 Å². The first-order valence-corrected chi connectivity index (χ1v) is 12.1. The van der Waals surface area contributed by atoms with Gasteiger partial charge >= 0.3 is 5.97 Å². The van der Waals surface area contributed by atoms with E-state index in [1.165, 1.54) is 5.56 Å². The van der Waals surface area contributed by atoms with E-state index in [9.17, 15) is 9.90 Å². The average Bonchev–Trinajstić information content (AvgIpc) is 2.71. The van der Waals surface area contributed by atoms with Gasteiger partial charge in [-0.15, -0.1) is 35.3 Å². The van der Waals surface area contributed by atoms with Crippen molar-refractivity contribution >= 4 is 46.8 Å². The number of benzene rings is 2. The molecule has 0 amide bonds. The summed E-state index contributed by atoms with van der Waals surface area (Å²) < 4.78 is 5.95. The second-order valence-electron chi connectivity index (χ2n) is 6.17. The summed E-state index contributed by atoms with van der Waals surface area (Å²) in [5.41, 5.74) is 4.01. The topological polar surface area (TPSA) is 46.5 Å². The van der Waals surface area contributed by atoms with Crippen LogP contribution in [0.2, 0.25) is 0 Å². The number of fused-ring (bicyclic) bond motifs is 1. The van der Waals surface area contributed by atoms with E-state index in [2.05, 4.69) is 31.2 Å². The molecule has 1 aliphatic heterocycles.